The van der Waals surface area contributed by atoms with Crippen molar-refractivity contribution < 1.29 is 34.1 Å². The molecule has 2 aromatic carbocycles. The van der Waals surface area contributed by atoms with Gasteiger partial charge in [0.1, 0.15) is 0 Å². The van der Waals surface area contributed by atoms with Gasteiger partial charge in [0.15, 0.2) is 0 Å². The molecule has 0 unspecified atom stereocenters. The largest absolute Gasteiger partial charge is 0.463 e. The molecule has 0 spiro atoms. The van der Waals surface area contributed by atoms with Crippen LogP contribution in [0.15, 0.2) is 85.2 Å². The summed E-state index contributed by atoms with van der Waals surface area (Å²) in [5, 5.41) is 29.3. The lowest BCUT2D eigenvalue weighted by molar-refractivity contribution is -0.138. The second-order valence-corrected chi connectivity index (χ2v) is 14.8. The normalized spacial score (nSPS) is 17.9. The second kappa shape index (κ2) is 17.5. The summed E-state index contributed by atoms with van der Waals surface area (Å²) >= 11 is 0. The van der Waals surface area contributed by atoms with Crippen molar-refractivity contribution in [3.05, 3.63) is 108 Å². The van der Waals surface area contributed by atoms with Gasteiger partial charge in [0.2, 0.25) is 22.9 Å². The van der Waals surface area contributed by atoms with Crippen LogP contribution in [-0.4, -0.2) is 129 Å². The van der Waals surface area contributed by atoms with Crippen molar-refractivity contribution in [2.24, 2.45) is 19.8 Å². The first-order chi connectivity index (χ1) is 30.1. The zero-order chi connectivity index (χ0) is 45.1. The van der Waals surface area contributed by atoms with Crippen LogP contribution in [0.2, 0.25) is 0 Å². The number of nitrogens with two attached hydrogens (primary N) is 1. The van der Waals surface area contributed by atoms with E-state index in [2.05, 4.69) is 53.8 Å². The Morgan fingerprint density at radius 3 is 1.46 bits per heavy atom. The molecule has 4 N–H and O–H groups in total. The predicted octanol–water partition coefficient (Wildman–Crippen LogP) is 1.86. The molecule has 2 aliphatic rings. The summed E-state index contributed by atoms with van der Waals surface area (Å²) in [7, 11) is 8.08. The van der Waals surface area contributed by atoms with E-state index in [0.29, 0.717) is 69.5 Å². The number of likely N-dealkylation sites (tertiary alicyclic amines) is 2. The molecule has 18 heteroatoms. The van der Waals surface area contributed by atoms with Crippen molar-refractivity contribution in [2.75, 3.05) is 34.3 Å². The standard InChI is InChI=1S/C23H21N5O4.C22H20N6O3/c1-27-12-10-23(31,22(27)30)9-7-15-5-4-6-16(13-15)17-14-18(19-8-11-24-28(19)2)26-20(25-17)21(29)32-3;1-27-11-9-22(31,21(27)30)8-6-14-4-3-5-15(12-14)16-13-17(18-7-10-24-28(18)2)26-20(25-16)19(23)29/h4-6,8,11,13-14,31H,10,12H2,1-3H3;3-5,7,10,12-13,31H,9,11H2,1-2H3,(H2,23,29)/t23-;22-/m00/s1. The number of methoxy groups -OCH3 is 1. The molecule has 2 aliphatic heterocycles. The van der Waals surface area contributed by atoms with E-state index in [4.69, 9.17) is 10.5 Å². The molecule has 318 valence electrons. The van der Waals surface area contributed by atoms with E-state index < -0.39 is 34.9 Å². The number of hydrogen-bond donors (Lipinski definition) is 3. The van der Waals surface area contributed by atoms with E-state index in [1.54, 1.807) is 111 Å². The third-order valence-corrected chi connectivity index (χ3v) is 10.4. The highest BCUT2D eigenvalue weighted by Gasteiger charge is 2.43. The molecule has 3 amide bonds. The summed E-state index contributed by atoms with van der Waals surface area (Å²) in [4.78, 5) is 68.3. The van der Waals surface area contributed by atoms with Crippen LogP contribution in [-0.2, 0) is 28.4 Å². The van der Waals surface area contributed by atoms with Crippen molar-refractivity contribution in [1.29, 1.82) is 0 Å². The van der Waals surface area contributed by atoms with Gasteiger partial charge in [-0.25, -0.2) is 24.7 Å². The average molecular weight is 848 g/mol. The molecular weight excluding hydrogens is 807 g/mol. The van der Waals surface area contributed by atoms with Gasteiger partial charge in [0.25, 0.3) is 17.7 Å². The van der Waals surface area contributed by atoms with Gasteiger partial charge < -0.3 is 30.5 Å². The van der Waals surface area contributed by atoms with E-state index in [0.717, 1.165) is 0 Å². The van der Waals surface area contributed by atoms with Crippen LogP contribution in [0.3, 0.4) is 0 Å². The molecule has 2 fully saturated rings. The van der Waals surface area contributed by atoms with Crippen molar-refractivity contribution >= 4 is 23.7 Å². The number of nitrogens with zero attached hydrogens (tertiary/aromatic N) is 10. The summed E-state index contributed by atoms with van der Waals surface area (Å²) in [5.41, 5.74) is 8.05. The molecule has 18 nitrogen and oxygen atoms in total. The highest BCUT2D eigenvalue weighted by atomic mass is 16.5. The highest BCUT2D eigenvalue weighted by molar-refractivity contribution is 5.92. The van der Waals surface area contributed by atoms with Crippen molar-refractivity contribution in [3.63, 3.8) is 0 Å². The van der Waals surface area contributed by atoms with Crippen LogP contribution in [0, 0.1) is 23.7 Å². The number of ether oxygens (including phenoxy) is 1. The predicted molar refractivity (Wildman–Crippen MR) is 227 cm³/mol. The first-order valence-corrected chi connectivity index (χ1v) is 19.4. The lowest BCUT2D eigenvalue weighted by Gasteiger charge is -2.13. The average Bonchev–Trinajstić information content (AvgIpc) is 4.06. The lowest BCUT2D eigenvalue weighted by Crippen LogP contribution is -2.37. The van der Waals surface area contributed by atoms with E-state index >= 15 is 0 Å². The Balaban J connectivity index is 0.000000189. The van der Waals surface area contributed by atoms with E-state index in [1.165, 1.54) is 16.9 Å². The van der Waals surface area contributed by atoms with Gasteiger partial charge in [-0.3, -0.25) is 23.7 Å². The molecular formula is C45H41N11O7. The Labute approximate surface area is 361 Å². The summed E-state index contributed by atoms with van der Waals surface area (Å²) in [6.45, 7) is 0.912. The number of likely N-dealkylation sites (N-methyl/N-ethyl adjacent to an activating group) is 2. The van der Waals surface area contributed by atoms with Gasteiger partial charge in [-0.15, -0.1) is 0 Å². The summed E-state index contributed by atoms with van der Waals surface area (Å²) < 4.78 is 8.08. The summed E-state index contributed by atoms with van der Waals surface area (Å²) in [5.74, 6) is 8.79. The maximum Gasteiger partial charge on any atom is 0.376 e. The maximum absolute atomic E-state index is 12.2. The van der Waals surface area contributed by atoms with Crippen LogP contribution in [0.4, 0.5) is 0 Å². The van der Waals surface area contributed by atoms with E-state index in [1.807, 2.05) is 12.1 Å². The minimum atomic E-state index is -1.68. The lowest BCUT2D eigenvalue weighted by atomic mass is 10.0. The fourth-order valence-corrected chi connectivity index (χ4v) is 6.80. The molecule has 6 aromatic rings. The molecule has 0 aliphatic carbocycles. The monoisotopic (exact) mass is 847 g/mol. The Hall–Kier alpha value is -8.06. The number of benzene rings is 2. The number of amides is 3. The van der Waals surface area contributed by atoms with Crippen LogP contribution >= 0.6 is 0 Å². The first kappa shape index (κ1) is 43.0. The third kappa shape index (κ3) is 9.17. The number of aromatic nitrogens is 8. The van der Waals surface area contributed by atoms with Crippen LogP contribution < -0.4 is 5.73 Å². The fraction of sp³-hybridized carbons (Fsp3) is 0.244. The SMILES string of the molecule is CN1CC[C@@](O)(C#Cc2cccc(-c3cc(-c4ccnn4C)nc(C(N)=O)n3)c2)C1=O.COC(=O)c1nc(-c2cccc(C#C[C@]3(O)CCN(C)C3=O)c2)cc(-c2ccnn2C)n1. The third-order valence-electron chi connectivity index (χ3n) is 10.4. The Bertz CT molecular complexity index is 2920. The minimum absolute atomic E-state index is 0.0772. The van der Waals surface area contributed by atoms with Crippen LogP contribution in [0.5, 0.6) is 0 Å². The number of carbonyl (C=O) groups excluding carboxylic acids is 4. The van der Waals surface area contributed by atoms with Crippen molar-refractivity contribution in [3.8, 4) is 69.0 Å². The Morgan fingerprint density at radius 1 is 0.651 bits per heavy atom. The minimum Gasteiger partial charge on any atom is -0.463 e. The first-order valence-electron chi connectivity index (χ1n) is 19.4. The van der Waals surface area contributed by atoms with Crippen LogP contribution in [0.25, 0.3) is 45.3 Å². The van der Waals surface area contributed by atoms with E-state index in [9.17, 15) is 29.4 Å². The molecule has 0 bridgehead atoms. The number of aliphatic hydroxyl groups is 2. The van der Waals surface area contributed by atoms with Gasteiger partial charge in [-0.2, -0.15) is 10.2 Å². The Kier molecular flexibility index (Phi) is 12.0. The molecule has 0 radical (unpaired) electrons. The summed E-state index contributed by atoms with van der Waals surface area (Å²) in [6.07, 6.45) is 3.79. The molecule has 4 aromatic heterocycles. The molecule has 2 saturated heterocycles. The summed E-state index contributed by atoms with van der Waals surface area (Å²) in [6, 6.07) is 21.3. The highest BCUT2D eigenvalue weighted by Crippen LogP contribution is 2.27. The molecule has 2 atom stereocenters. The maximum atomic E-state index is 12.2. The van der Waals surface area contributed by atoms with Crippen molar-refractivity contribution in [1.82, 2.24) is 49.3 Å². The number of esters is 1. The zero-order valence-electron chi connectivity index (χ0n) is 34.9. The smallest absolute Gasteiger partial charge is 0.376 e. The molecule has 63 heavy (non-hydrogen) atoms. The number of rotatable bonds is 6. The van der Waals surface area contributed by atoms with Gasteiger partial charge in [-0.1, -0.05) is 47.9 Å². The van der Waals surface area contributed by atoms with Crippen molar-refractivity contribution in [2.45, 2.75) is 24.0 Å². The quantitative estimate of drug-likeness (QED) is 0.161. The van der Waals surface area contributed by atoms with Gasteiger partial charge in [0.05, 0.1) is 41.3 Å². The van der Waals surface area contributed by atoms with Gasteiger partial charge in [-0.05, 0) is 48.5 Å². The number of primary amides is 1. The molecule has 8 rings (SSSR count). The number of carbonyl (C=O) groups is 4. The zero-order valence-corrected chi connectivity index (χ0v) is 34.9. The molecule has 0 saturated carbocycles. The molecule has 6 heterocycles. The van der Waals surface area contributed by atoms with Gasteiger partial charge >= 0.3 is 5.97 Å². The van der Waals surface area contributed by atoms with Gasteiger partial charge in [0, 0.05) is 88.8 Å². The second-order valence-electron chi connectivity index (χ2n) is 14.8. The van der Waals surface area contributed by atoms with E-state index in [-0.39, 0.29) is 24.5 Å². The van der Waals surface area contributed by atoms with Crippen LogP contribution in [0.1, 0.15) is 45.2 Å². The number of aryl methyl sites for hydroxylation is 2. The topological polar surface area (TPSA) is 238 Å². The fourth-order valence-electron chi connectivity index (χ4n) is 6.80. The number of hydrogen-bond acceptors (Lipinski definition) is 13. The Morgan fingerprint density at radius 2 is 1.08 bits per heavy atom.